The van der Waals surface area contributed by atoms with Gasteiger partial charge in [0, 0.05) is 17.9 Å². The monoisotopic (exact) mass is 168 g/mol. The second kappa shape index (κ2) is 3.09. The van der Waals surface area contributed by atoms with Gasteiger partial charge in [-0.2, -0.15) is 0 Å². The van der Waals surface area contributed by atoms with Gasteiger partial charge in [-0.3, -0.25) is 9.59 Å². The highest BCUT2D eigenvalue weighted by molar-refractivity contribution is 5.91. The van der Waals surface area contributed by atoms with Crippen LogP contribution in [-0.4, -0.2) is 12.3 Å². The van der Waals surface area contributed by atoms with Crippen LogP contribution in [-0.2, 0) is 14.3 Å². The van der Waals surface area contributed by atoms with Gasteiger partial charge in [0.2, 0.25) is 0 Å². The van der Waals surface area contributed by atoms with Crippen LogP contribution in [0.1, 0.15) is 26.7 Å². The largest absolute Gasteiger partial charge is 0.433 e. The molecule has 0 saturated heterocycles. The summed E-state index contributed by atoms with van der Waals surface area (Å²) in [7, 11) is 0. The molecule has 1 aliphatic rings. The lowest BCUT2D eigenvalue weighted by Gasteiger charge is -2.28. The van der Waals surface area contributed by atoms with Crippen molar-refractivity contribution in [1.82, 2.24) is 0 Å². The standard InChI is InChI=1S/C9H12O3/c1-9(2)4-3-7(11)5-8(9)12-6-10/h5-6H,3-4H2,1-2H3. The first-order valence-corrected chi connectivity index (χ1v) is 3.91. The molecular weight excluding hydrogens is 156 g/mol. The van der Waals surface area contributed by atoms with Crippen LogP contribution < -0.4 is 0 Å². The molecule has 3 heteroatoms. The number of allylic oxidation sites excluding steroid dienone is 2. The Hall–Kier alpha value is -1.12. The Morgan fingerprint density at radius 1 is 1.58 bits per heavy atom. The average Bonchev–Trinajstić information content (AvgIpc) is 1.98. The average molecular weight is 168 g/mol. The van der Waals surface area contributed by atoms with Crippen LogP contribution in [0.25, 0.3) is 0 Å². The third-order valence-corrected chi connectivity index (χ3v) is 2.13. The normalized spacial score (nSPS) is 21.5. The number of rotatable bonds is 2. The molecule has 0 aromatic heterocycles. The van der Waals surface area contributed by atoms with Gasteiger partial charge in [0.05, 0.1) is 0 Å². The first-order chi connectivity index (χ1) is 5.56. The second-order valence-corrected chi connectivity index (χ2v) is 3.57. The molecular formula is C9H12O3. The fourth-order valence-corrected chi connectivity index (χ4v) is 1.22. The van der Waals surface area contributed by atoms with Crippen molar-refractivity contribution in [2.75, 3.05) is 0 Å². The van der Waals surface area contributed by atoms with E-state index in [0.29, 0.717) is 18.7 Å². The van der Waals surface area contributed by atoms with Crippen molar-refractivity contribution in [3.63, 3.8) is 0 Å². The van der Waals surface area contributed by atoms with Gasteiger partial charge in [0.25, 0.3) is 6.47 Å². The van der Waals surface area contributed by atoms with Gasteiger partial charge >= 0.3 is 0 Å². The molecule has 0 radical (unpaired) electrons. The molecule has 0 amide bonds. The highest BCUT2D eigenvalue weighted by atomic mass is 16.5. The zero-order valence-electron chi connectivity index (χ0n) is 7.29. The van der Waals surface area contributed by atoms with Crippen molar-refractivity contribution in [1.29, 1.82) is 0 Å². The predicted octanol–water partition coefficient (Wildman–Crippen LogP) is 1.43. The Bertz CT molecular complexity index is 238. The van der Waals surface area contributed by atoms with Crippen molar-refractivity contribution >= 4 is 12.3 Å². The summed E-state index contributed by atoms with van der Waals surface area (Å²) in [6.45, 7) is 4.27. The molecule has 0 spiro atoms. The van der Waals surface area contributed by atoms with Crippen LogP contribution in [0, 0.1) is 5.41 Å². The molecule has 0 unspecified atom stereocenters. The molecule has 0 heterocycles. The van der Waals surface area contributed by atoms with Crippen LogP contribution >= 0.6 is 0 Å². The number of ether oxygens (including phenoxy) is 1. The van der Waals surface area contributed by atoms with Crippen LogP contribution in [0.3, 0.4) is 0 Å². The van der Waals surface area contributed by atoms with E-state index in [0.717, 1.165) is 6.42 Å². The van der Waals surface area contributed by atoms with E-state index in [1.807, 2.05) is 13.8 Å². The van der Waals surface area contributed by atoms with Crippen LogP contribution in [0.15, 0.2) is 11.8 Å². The summed E-state index contributed by atoms with van der Waals surface area (Å²) in [6, 6.07) is 0. The van der Waals surface area contributed by atoms with Gasteiger partial charge in [-0.05, 0) is 6.42 Å². The molecule has 0 aromatic carbocycles. The third kappa shape index (κ3) is 1.72. The number of ketones is 1. The minimum Gasteiger partial charge on any atom is -0.433 e. The van der Waals surface area contributed by atoms with Crippen molar-refractivity contribution in [3.05, 3.63) is 11.8 Å². The van der Waals surface area contributed by atoms with E-state index in [1.165, 1.54) is 6.08 Å². The van der Waals surface area contributed by atoms with Gasteiger partial charge in [-0.15, -0.1) is 0 Å². The molecule has 0 bridgehead atoms. The zero-order chi connectivity index (χ0) is 9.19. The molecule has 1 aliphatic carbocycles. The van der Waals surface area contributed by atoms with Gasteiger partial charge in [0.15, 0.2) is 5.78 Å². The lowest BCUT2D eigenvalue weighted by molar-refractivity contribution is -0.127. The third-order valence-electron chi connectivity index (χ3n) is 2.13. The van der Waals surface area contributed by atoms with Gasteiger partial charge in [-0.25, -0.2) is 0 Å². The smallest absolute Gasteiger partial charge is 0.298 e. The van der Waals surface area contributed by atoms with Crippen molar-refractivity contribution in [2.45, 2.75) is 26.7 Å². The van der Waals surface area contributed by atoms with E-state index in [2.05, 4.69) is 0 Å². The minimum absolute atomic E-state index is 0.0335. The number of carbonyl (C=O) groups is 2. The number of hydrogen-bond acceptors (Lipinski definition) is 3. The Morgan fingerprint density at radius 2 is 2.25 bits per heavy atom. The first-order valence-electron chi connectivity index (χ1n) is 3.91. The van der Waals surface area contributed by atoms with Crippen LogP contribution in [0.4, 0.5) is 0 Å². The van der Waals surface area contributed by atoms with Crippen molar-refractivity contribution in [3.8, 4) is 0 Å². The molecule has 0 aliphatic heterocycles. The first kappa shape index (κ1) is 8.97. The van der Waals surface area contributed by atoms with Crippen LogP contribution in [0.2, 0.25) is 0 Å². The maximum absolute atomic E-state index is 11.0. The molecule has 1 rings (SSSR count). The van der Waals surface area contributed by atoms with Crippen molar-refractivity contribution in [2.24, 2.45) is 5.41 Å². The topological polar surface area (TPSA) is 43.4 Å². The van der Waals surface area contributed by atoms with Crippen molar-refractivity contribution < 1.29 is 14.3 Å². The molecule has 66 valence electrons. The highest BCUT2D eigenvalue weighted by Gasteiger charge is 2.30. The minimum atomic E-state index is -0.186. The summed E-state index contributed by atoms with van der Waals surface area (Å²) in [5, 5.41) is 0. The van der Waals surface area contributed by atoms with E-state index in [9.17, 15) is 9.59 Å². The van der Waals surface area contributed by atoms with Crippen LogP contribution in [0.5, 0.6) is 0 Å². The van der Waals surface area contributed by atoms with Gasteiger partial charge in [-0.1, -0.05) is 13.8 Å². The molecule has 12 heavy (non-hydrogen) atoms. The Morgan fingerprint density at radius 3 is 2.83 bits per heavy atom. The van der Waals surface area contributed by atoms with E-state index in [1.54, 1.807) is 0 Å². The SMILES string of the molecule is CC1(C)CCC(=O)C=C1OC=O. The van der Waals surface area contributed by atoms with E-state index >= 15 is 0 Å². The molecule has 0 N–H and O–H groups in total. The molecule has 0 saturated carbocycles. The van der Waals surface area contributed by atoms with E-state index < -0.39 is 0 Å². The Balaban J connectivity index is 2.87. The summed E-state index contributed by atoms with van der Waals surface area (Å²) in [5.41, 5.74) is -0.186. The number of carbonyl (C=O) groups excluding carboxylic acids is 2. The second-order valence-electron chi connectivity index (χ2n) is 3.57. The summed E-state index contributed by atoms with van der Waals surface area (Å²) < 4.78 is 4.73. The number of hydrogen-bond donors (Lipinski definition) is 0. The lowest BCUT2D eigenvalue weighted by atomic mass is 9.80. The Kier molecular flexibility index (Phi) is 2.31. The van der Waals surface area contributed by atoms with Gasteiger partial charge < -0.3 is 4.74 Å². The summed E-state index contributed by atoms with van der Waals surface area (Å²) in [4.78, 5) is 21.1. The molecule has 3 nitrogen and oxygen atoms in total. The lowest BCUT2D eigenvalue weighted by Crippen LogP contribution is -2.23. The maximum atomic E-state index is 11.0. The summed E-state index contributed by atoms with van der Waals surface area (Å²) in [6.07, 6.45) is 2.70. The Labute approximate surface area is 71.4 Å². The fourth-order valence-electron chi connectivity index (χ4n) is 1.22. The predicted molar refractivity (Wildman–Crippen MR) is 43.3 cm³/mol. The zero-order valence-corrected chi connectivity index (χ0v) is 7.29. The molecule has 0 aromatic rings. The van der Waals surface area contributed by atoms with E-state index in [-0.39, 0.29) is 11.2 Å². The van der Waals surface area contributed by atoms with E-state index in [4.69, 9.17) is 4.74 Å². The summed E-state index contributed by atoms with van der Waals surface area (Å²) in [5.74, 6) is 0.514. The molecule has 0 fully saturated rings. The highest BCUT2D eigenvalue weighted by Crippen LogP contribution is 2.35. The maximum Gasteiger partial charge on any atom is 0.298 e. The molecule has 0 atom stereocenters. The quantitative estimate of drug-likeness (QED) is 0.586. The fraction of sp³-hybridized carbons (Fsp3) is 0.556. The van der Waals surface area contributed by atoms with Gasteiger partial charge in [0.1, 0.15) is 5.76 Å². The summed E-state index contributed by atoms with van der Waals surface area (Å²) >= 11 is 0.